The molecule has 2 N–H and O–H groups in total. The molecular weight excluding hydrogens is 214 g/mol. The number of fused-ring (bicyclic) bond motifs is 1. The fraction of sp³-hybridized carbons (Fsp3) is 0.462. The number of hydrogen-bond donors (Lipinski definition) is 2. The second kappa shape index (κ2) is 5.57. The molecule has 0 atom stereocenters. The maximum atomic E-state index is 11.7. The summed E-state index contributed by atoms with van der Waals surface area (Å²) in [6, 6.07) is 8.11. The van der Waals surface area contributed by atoms with Crippen molar-refractivity contribution in [2.24, 2.45) is 0 Å². The Labute approximate surface area is 102 Å². The van der Waals surface area contributed by atoms with Crippen molar-refractivity contribution in [2.75, 3.05) is 36.4 Å². The summed E-state index contributed by atoms with van der Waals surface area (Å²) in [6.45, 7) is 5.01. The maximum absolute atomic E-state index is 11.7. The summed E-state index contributed by atoms with van der Waals surface area (Å²) in [6.07, 6.45) is 0.976. The van der Waals surface area contributed by atoms with Gasteiger partial charge < -0.3 is 15.5 Å². The van der Waals surface area contributed by atoms with E-state index in [4.69, 9.17) is 0 Å². The first-order valence-electron chi connectivity index (χ1n) is 6.16. The zero-order valence-corrected chi connectivity index (χ0v) is 10.2. The topological polar surface area (TPSA) is 44.4 Å². The van der Waals surface area contributed by atoms with Gasteiger partial charge >= 0.3 is 0 Å². The summed E-state index contributed by atoms with van der Waals surface area (Å²) in [5, 5.41) is 6.25. The molecule has 0 bridgehead atoms. The van der Waals surface area contributed by atoms with Crippen molar-refractivity contribution in [2.45, 2.75) is 13.3 Å². The molecule has 17 heavy (non-hydrogen) atoms. The van der Waals surface area contributed by atoms with Crippen LogP contribution in [-0.2, 0) is 4.79 Å². The van der Waals surface area contributed by atoms with Crippen LogP contribution < -0.4 is 15.5 Å². The van der Waals surface area contributed by atoms with Gasteiger partial charge in [0.25, 0.3) is 0 Å². The van der Waals surface area contributed by atoms with Crippen molar-refractivity contribution in [1.29, 1.82) is 0 Å². The highest BCUT2D eigenvalue weighted by Crippen LogP contribution is 2.27. The smallest absolute Gasteiger partial charge is 0.239 e. The molecule has 1 amide bonds. The highest BCUT2D eigenvalue weighted by Gasteiger charge is 2.17. The second-order valence-corrected chi connectivity index (χ2v) is 4.22. The molecule has 1 aromatic rings. The van der Waals surface area contributed by atoms with Crippen molar-refractivity contribution < 1.29 is 4.79 Å². The van der Waals surface area contributed by atoms with E-state index in [1.807, 2.05) is 18.2 Å². The van der Waals surface area contributed by atoms with Crippen molar-refractivity contribution in [3.8, 4) is 0 Å². The van der Waals surface area contributed by atoms with Crippen LogP contribution in [0.4, 0.5) is 11.4 Å². The molecule has 0 aliphatic carbocycles. The Kier molecular flexibility index (Phi) is 3.85. The van der Waals surface area contributed by atoms with Gasteiger partial charge in [0.2, 0.25) is 5.91 Å². The number of amides is 1. The second-order valence-electron chi connectivity index (χ2n) is 4.22. The Hall–Kier alpha value is -1.71. The minimum atomic E-state index is 0.101. The van der Waals surface area contributed by atoms with Gasteiger partial charge in [0.15, 0.2) is 0 Å². The van der Waals surface area contributed by atoms with Gasteiger partial charge in [-0.05, 0) is 18.6 Å². The number of carbonyl (C=O) groups excluding carboxylic acids is 1. The van der Waals surface area contributed by atoms with Crippen molar-refractivity contribution in [1.82, 2.24) is 5.32 Å². The number of para-hydroxylation sites is 2. The molecule has 1 aliphatic rings. The molecule has 0 aromatic heterocycles. The third-order valence-corrected chi connectivity index (χ3v) is 2.85. The maximum Gasteiger partial charge on any atom is 0.239 e. The lowest BCUT2D eigenvalue weighted by Gasteiger charge is -2.31. The average Bonchev–Trinajstić information content (AvgIpc) is 2.37. The third-order valence-electron chi connectivity index (χ3n) is 2.85. The highest BCUT2D eigenvalue weighted by molar-refractivity contribution is 5.84. The number of nitrogens with one attached hydrogen (secondary N) is 2. The van der Waals surface area contributed by atoms with E-state index in [9.17, 15) is 4.79 Å². The Morgan fingerprint density at radius 2 is 2.29 bits per heavy atom. The van der Waals surface area contributed by atoms with Crippen molar-refractivity contribution in [3.63, 3.8) is 0 Å². The van der Waals surface area contributed by atoms with E-state index in [0.717, 1.165) is 37.4 Å². The lowest BCUT2D eigenvalue weighted by molar-refractivity contribution is -0.119. The molecule has 2 rings (SSSR count). The van der Waals surface area contributed by atoms with E-state index < -0.39 is 0 Å². The molecule has 0 fully saturated rings. The van der Waals surface area contributed by atoms with Crippen LogP contribution in [0, 0.1) is 0 Å². The van der Waals surface area contributed by atoms with Gasteiger partial charge in [-0.3, -0.25) is 4.79 Å². The predicted octanol–water partition coefficient (Wildman–Crippen LogP) is 1.44. The fourth-order valence-electron chi connectivity index (χ4n) is 2.00. The number of hydrogen-bond acceptors (Lipinski definition) is 3. The number of carbonyl (C=O) groups is 1. The zero-order valence-electron chi connectivity index (χ0n) is 10.2. The number of anilines is 2. The Morgan fingerprint density at radius 3 is 3.12 bits per heavy atom. The lowest BCUT2D eigenvalue weighted by Crippen LogP contribution is -2.42. The van der Waals surface area contributed by atoms with Crippen LogP contribution in [0.3, 0.4) is 0 Å². The van der Waals surface area contributed by atoms with E-state index in [1.165, 1.54) is 0 Å². The SMILES string of the molecule is CCCNC(=O)CN1CCNc2ccccc21. The minimum absolute atomic E-state index is 0.101. The normalized spacial score (nSPS) is 13.8. The summed E-state index contributed by atoms with van der Waals surface area (Å²) in [5.74, 6) is 0.101. The minimum Gasteiger partial charge on any atom is -0.382 e. The molecule has 92 valence electrons. The van der Waals surface area contributed by atoms with E-state index in [2.05, 4.69) is 28.5 Å². The molecule has 0 radical (unpaired) electrons. The summed E-state index contributed by atoms with van der Waals surface area (Å²) in [4.78, 5) is 13.8. The van der Waals surface area contributed by atoms with Gasteiger partial charge in [-0.25, -0.2) is 0 Å². The van der Waals surface area contributed by atoms with Crippen LogP contribution in [0.5, 0.6) is 0 Å². The first kappa shape index (κ1) is 11.8. The Balaban J connectivity index is 2.01. The van der Waals surface area contributed by atoms with Crippen LogP contribution >= 0.6 is 0 Å². The van der Waals surface area contributed by atoms with Crippen LogP contribution in [0.1, 0.15) is 13.3 Å². The molecule has 0 spiro atoms. The summed E-state index contributed by atoms with van der Waals surface area (Å²) < 4.78 is 0. The molecule has 0 saturated carbocycles. The van der Waals surface area contributed by atoms with Crippen LogP contribution in [-0.4, -0.2) is 32.1 Å². The number of rotatable bonds is 4. The molecule has 4 heteroatoms. The molecule has 1 aromatic carbocycles. The molecule has 1 heterocycles. The van der Waals surface area contributed by atoms with Crippen LogP contribution in [0.2, 0.25) is 0 Å². The van der Waals surface area contributed by atoms with Gasteiger partial charge in [0.1, 0.15) is 0 Å². The summed E-state index contributed by atoms with van der Waals surface area (Å²) in [5.41, 5.74) is 2.23. The molecule has 0 saturated heterocycles. The van der Waals surface area contributed by atoms with Gasteiger partial charge in [0.05, 0.1) is 17.9 Å². The summed E-state index contributed by atoms with van der Waals surface area (Å²) in [7, 11) is 0. The highest BCUT2D eigenvalue weighted by atomic mass is 16.2. The first-order chi connectivity index (χ1) is 8.31. The van der Waals surface area contributed by atoms with E-state index in [0.29, 0.717) is 6.54 Å². The fourth-order valence-corrected chi connectivity index (χ4v) is 2.00. The van der Waals surface area contributed by atoms with Gasteiger partial charge in [-0.15, -0.1) is 0 Å². The van der Waals surface area contributed by atoms with E-state index in [-0.39, 0.29) is 5.91 Å². The predicted molar refractivity (Wildman–Crippen MR) is 70.4 cm³/mol. The third kappa shape index (κ3) is 2.90. The Bertz CT molecular complexity index is 392. The Morgan fingerprint density at radius 1 is 1.47 bits per heavy atom. The first-order valence-corrected chi connectivity index (χ1v) is 6.16. The number of benzene rings is 1. The largest absolute Gasteiger partial charge is 0.382 e. The average molecular weight is 233 g/mol. The quantitative estimate of drug-likeness (QED) is 0.827. The molecule has 4 nitrogen and oxygen atoms in total. The van der Waals surface area contributed by atoms with Crippen LogP contribution in [0.15, 0.2) is 24.3 Å². The van der Waals surface area contributed by atoms with Crippen molar-refractivity contribution >= 4 is 17.3 Å². The summed E-state index contributed by atoms with van der Waals surface area (Å²) >= 11 is 0. The standard InChI is InChI=1S/C13H19N3O/c1-2-7-15-13(17)10-16-9-8-14-11-5-3-4-6-12(11)16/h3-6,14H,2,7-10H2,1H3,(H,15,17). The van der Waals surface area contributed by atoms with Gasteiger partial charge in [-0.2, -0.15) is 0 Å². The molecular formula is C13H19N3O. The van der Waals surface area contributed by atoms with Gasteiger partial charge in [0, 0.05) is 19.6 Å². The van der Waals surface area contributed by atoms with E-state index >= 15 is 0 Å². The monoisotopic (exact) mass is 233 g/mol. The lowest BCUT2D eigenvalue weighted by atomic mass is 10.2. The van der Waals surface area contributed by atoms with Crippen molar-refractivity contribution in [3.05, 3.63) is 24.3 Å². The zero-order chi connectivity index (χ0) is 12.1. The molecule has 0 unspecified atom stereocenters. The van der Waals surface area contributed by atoms with Crippen LogP contribution in [0.25, 0.3) is 0 Å². The molecule has 1 aliphatic heterocycles. The van der Waals surface area contributed by atoms with Gasteiger partial charge in [-0.1, -0.05) is 19.1 Å². The number of nitrogens with zero attached hydrogens (tertiary/aromatic N) is 1. The van der Waals surface area contributed by atoms with E-state index in [1.54, 1.807) is 0 Å².